The third-order valence-electron chi connectivity index (χ3n) is 9.65. The fourth-order valence-electron chi connectivity index (χ4n) is 6.19. The monoisotopic (exact) mass is 787 g/mol. The molecule has 2 atom stereocenters. The van der Waals surface area contributed by atoms with Gasteiger partial charge in [0.05, 0.1) is 34.4 Å². The molecule has 56 heavy (non-hydrogen) atoms. The lowest BCUT2D eigenvalue weighted by atomic mass is 10.1. The van der Waals surface area contributed by atoms with E-state index in [1.165, 1.54) is 77.0 Å². The number of allylic oxidation sites excluding steroid dienone is 10. The van der Waals surface area contributed by atoms with E-state index in [9.17, 15) is 19.5 Å². The number of carboxylic acids is 1. The lowest BCUT2D eigenvalue weighted by Gasteiger charge is -2.31. The molecule has 0 amide bonds. The second kappa shape index (κ2) is 38.9. The number of hydrogen-bond donors (Lipinski definition) is 1. The van der Waals surface area contributed by atoms with Crippen molar-refractivity contribution in [3.05, 3.63) is 60.8 Å². The van der Waals surface area contributed by atoms with E-state index in [0.29, 0.717) is 19.3 Å². The number of hydrogen-bond acceptors (Lipinski definition) is 6. The standard InChI is InChI=1S/C48H83NO7/c1-6-8-10-12-14-16-18-20-22-23-25-26-28-30-32-34-36-38-46(50)55-43-44(42-54-41-40-45(48(52)53)49(3,4)5)56-47(51)39-37-35-33-31-29-27-24-21-19-17-15-13-11-9-7-2/h9,11,15,17,20-22,24,29,31,44-45H,6-8,10,12-14,16,18-19,23,25-28,30,32-43H2,1-5H3/p+1/b11-9-,17-15-,22-20-,24-21-,31-29-. The molecule has 0 saturated heterocycles. The van der Waals surface area contributed by atoms with Gasteiger partial charge >= 0.3 is 17.9 Å². The van der Waals surface area contributed by atoms with Gasteiger partial charge in [0.1, 0.15) is 6.61 Å². The minimum absolute atomic E-state index is 0.0410. The Bertz CT molecular complexity index is 1100. The average molecular weight is 787 g/mol. The van der Waals surface area contributed by atoms with Crippen LogP contribution < -0.4 is 0 Å². The lowest BCUT2D eigenvalue weighted by Crippen LogP contribution is -2.50. The average Bonchev–Trinajstić information content (AvgIpc) is 3.15. The smallest absolute Gasteiger partial charge is 0.362 e. The zero-order valence-corrected chi connectivity index (χ0v) is 36.6. The van der Waals surface area contributed by atoms with Crippen LogP contribution in [0, 0.1) is 0 Å². The van der Waals surface area contributed by atoms with Crippen molar-refractivity contribution in [2.45, 2.75) is 187 Å². The lowest BCUT2D eigenvalue weighted by molar-refractivity contribution is -0.887. The highest BCUT2D eigenvalue weighted by molar-refractivity contribution is 5.72. The van der Waals surface area contributed by atoms with E-state index < -0.39 is 18.1 Å². The maximum Gasteiger partial charge on any atom is 0.362 e. The number of rotatable bonds is 39. The Morgan fingerprint density at radius 2 is 1.00 bits per heavy atom. The Hall–Kier alpha value is -2.97. The molecule has 1 N–H and O–H groups in total. The summed E-state index contributed by atoms with van der Waals surface area (Å²) in [6.07, 6.45) is 46.9. The number of aliphatic carboxylic acids is 1. The number of unbranched alkanes of at least 4 members (excludes halogenated alkanes) is 15. The Morgan fingerprint density at radius 3 is 1.54 bits per heavy atom. The van der Waals surface area contributed by atoms with E-state index in [1.807, 2.05) is 21.1 Å². The highest BCUT2D eigenvalue weighted by Gasteiger charge is 2.31. The third kappa shape index (κ3) is 36.7. The first-order valence-corrected chi connectivity index (χ1v) is 22.3. The van der Waals surface area contributed by atoms with E-state index in [1.54, 1.807) is 0 Å². The molecule has 0 fully saturated rings. The predicted octanol–water partition coefficient (Wildman–Crippen LogP) is 12.2. The number of nitrogens with zero attached hydrogens (tertiary/aromatic N) is 1. The maximum absolute atomic E-state index is 12.7. The topological polar surface area (TPSA) is 99.1 Å². The van der Waals surface area contributed by atoms with Crippen LogP contribution in [0.15, 0.2) is 60.8 Å². The molecule has 0 saturated carbocycles. The molecule has 0 spiro atoms. The van der Waals surface area contributed by atoms with Crippen LogP contribution in [0.3, 0.4) is 0 Å². The zero-order valence-electron chi connectivity index (χ0n) is 36.6. The Morgan fingerprint density at radius 1 is 0.554 bits per heavy atom. The quantitative estimate of drug-likeness (QED) is 0.0287. The van der Waals surface area contributed by atoms with Crippen LogP contribution in [-0.2, 0) is 28.6 Å². The van der Waals surface area contributed by atoms with Crippen LogP contribution in [0.2, 0.25) is 0 Å². The number of carbonyl (C=O) groups is 3. The predicted molar refractivity (Wildman–Crippen MR) is 234 cm³/mol. The molecule has 0 rings (SSSR count). The SMILES string of the molecule is CC/C=C\C/C=C\C/C=C\C/C=C\CCCCC(=O)OC(COCCC(C(=O)O)[N+](C)(C)C)COC(=O)CCCCCCCCC/C=C\CCCCCCCC. The number of carboxylic acid groups (broad SMARTS) is 1. The molecular formula is C48H84NO7+. The van der Waals surface area contributed by atoms with Crippen molar-refractivity contribution in [2.24, 2.45) is 0 Å². The zero-order chi connectivity index (χ0) is 41.4. The summed E-state index contributed by atoms with van der Waals surface area (Å²) in [6, 6.07) is -0.624. The first kappa shape index (κ1) is 53.0. The van der Waals surface area contributed by atoms with Crippen molar-refractivity contribution >= 4 is 17.9 Å². The fraction of sp³-hybridized carbons (Fsp3) is 0.729. The second-order valence-electron chi connectivity index (χ2n) is 15.9. The summed E-state index contributed by atoms with van der Waals surface area (Å²) in [5.74, 6) is -1.53. The van der Waals surface area contributed by atoms with Gasteiger partial charge in [0.15, 0.2) is 12.1 Å². The van der Waals surface area contributed by atoms with E-state index in [4.69, 9.17) is 14.2 Å². The van der Waals surface area contributed by atoms with Crippen molar-refractivity contribution < 1.29 is 38.2 Å². The Kier molecular flexibility index (Phi) is 36.8. The molecule has 8 heteroatoms. The highest BCUT2D eigenvalue weighted by Crippen LogP contribution is 2.13. The summed E-state index contributed by atoms with van der Waals surface area (Å²) < 4.78 is 17.2. The van der Waals surface area contributed by atoms with Crippen LogP contribution in [-0.4, -0.2) is 80.6 Å². The number of likely N-dealkylation sites (N-methyl/N-ethyl adjacent to an activating group) is 1. The first-order valence-electron chi connectivity index (χ1n) is 22.3. The maximum atomic E-state index is 12.7. The Balaban J connectivity index is 4.41. The van der Waals surface area contributed by atoms with Gasteiger partial charge in [-0.3, -0.25) is 9.59 Å². The van der Waals surface area contributed by atoms with Gasteiger partial charge in [-0.25, -0.2) is 4.79 Å². The van der Waals surface area contributed by atoms with E-state index >= 15 is 0 Å². The third-order valence-corrected chi connectivity index (χ3v) is 9.65. The van der Waals surface area contributed by atoms with E-state index in [-0.39, 0.29) is 42.7 Å². The van der Waals surface area contributed by atoms with Gasteiger partial charge in [0.2, 0.25) is 0 Å². The molecule has 8 nitrogen and oxygen atoms in total. The second-order valence-corrected chi connectivity index (χ2v) is 15.9. The van der Waals surface area contributed by atoms with Crippen molar-refractivity contribution in [2.75, 3.05) is 41.0 Å². The summed E-state index contributed by atoms with van der Waals surface area (Å²) in [7, 11) is 5.50. The summed E-state index contributed by atoms with van der Waals surface area (Å²) >= 11 is 0. The summed E-state index contributed by atoms with van der Waals surface area (Å²) in [4.78, 5) is 37.0. The number of quaternary nitrogens is 1. The van der Waals surface area contributed by atoms with Crippen LogP contribution in [0.5, 0.6) is 0 Å². The molecular weight excluding hydrogens is 703 g/mol. The molecule has 0 aromatic heterocycles. The number of ether oxygens (including phenoxy) is 3. The fourth-order valence-corrected chi connectivity index (χ4v) is 6.19. The molecule has 0 aromatic rings. The van der Waals surface area contributed by atoms with Gasteiger partial charge in [-0.15, -0.1) is 0 Å². The van der Waals surface area contributed by atoms with Gasteiger partial charge in [-0.2, -0.15) is 0 Å². The van der Waals surface area contributed by atoms with E-state index in [2.05, 4.69) is 74.6 Å². The summed E-state index contributed by atoms with van der Waals surface area (Å²) in [6.45, 7) is 4.56. The largest absolute Gasteiger partial charge is 0.477 e. The minimum Gasteiger partial charge on any atom is -0.477 e. The van der Waals surface area contributed by atoms with Gasteiger partial charge in [0, 0.05) is 19.3 Å². The van der Waals surface area contributed by atoms with Crippen LogP contribution in [0.4, 0.5) is 0 Å². The number of esters is 2. The molecule has 0 aromatic carbocycles. The molecule has 0 bridgehead atoms. The normalized spacial score (nSPS) is 13.5. The molecule has 0 heterocycles. The first-order chi connectivity index (χ1) is 27.1. The van der Waals surface area contributed by atoms with Crippen LogP contribution in [0.25, 0.3) is 0 Å². The highest BCUT2D eigenvalue weighted by atomic mass is 16.6. The van der Waals surface area contributed by atoms with Crippen LogP contribution >= 0.6 is 0 Å². The van der Waals surface area contributed by atoms with Gasteiger partial charge in [-0.05, 0) is 77.0 Å². The summed E-state index contributed by atoms with van der Waals surface area (Å²) in [5, 5.41) is 9.62. The van der Waals surface area contributed by atoms with E-state index in [0.717, 1.165) is 57.8 Å². The molecule has 2 unspecified atom stereocenters. The van der Waals surface area contributed by atoms with Gasteiger partial charge in [0.25, 0.3) is 0 Å². The molecule has 0 radical (unpaired) electrons. The minimum atomic E-state index is -0.884. The van der Waals surface area contributed by atoms with Crippen LogP contribution in [0.1, 0.15) is 174 Å². The molecule has 0 aliphatic carbocycles. The van der Waals surface area contributed by atoms with Gasteiger partial charge < -0.3 is 23.8 Å². The van der Waals surface area contributed by atoms with Crippen molar-refractivity contribution in [1.29, 1.82) is 0 Å². The Labute approximate surface area is 343 Å². The molecule has 0 aliphatic heterocycles. The molecule has 0 aliphatic rings. The molecule has 322 valence electrons. The van der Waals surface area contributed by atoms with Crippen molar-refractivity contribution in [3.63, 3.8) is 0 Å². The number of carbonyl (C=O) groups excluding carboxylic acids is 2. The summed E-state index contributed by atoms with van der Waals surface area (Å²) in [5.41, 5.74) is 0. The van der Waals surface area contributed by atoms with Crippen molar-refractivity contribution in [1.82, 2.24) is 0 Å². The van der Waals surface area contributed by atoms with Crippen molar-refractivity contribution in [3.8, 4) is 0 Å². The van der Waals surface area contributed by atoms with Gasteiger partial charge in [-0.1, -0.05) is 139 Å².